The lowest BCUT2D eigenvalue weighted by Gasteiger charge is -1.98. The van der Waals surface area contributed by atoms with Crippen molar-refractivity contribution >= 4 is 21.6 Å². The summed E-state index contributed by atoms with van der Waals surface area (Å²) in [6, 6.07) is 6.47. The molecule has 0 bridgehead atoms. The monoisotopic (exact) mass is 312 g/mol. The van der Waals surface area contributed by atoms with Crippen LogP contribution in [0, 0.1) is 0 Å². The largest absolute Gasteiger partial charge is 0.339 e. The second-order valence-electron chi connectivity index (χ2n) is 4.26. The van der Waals surface area contributed by atoms with E-state index >= 15 is 0 Å². The number of benzene rings is 1. The molecule has 108 valence electrons. The van der Waals surface area contributed by atoms with Crippen molar-refractivity contribution < 1.29 is 12.9 Å². The first-order chi connectivity index (χ1) is 9.50. The van der Waals surface area contributed by atoms with Crippen LogP contribution in [0.25, 0.3) is 11.4 Å². The van der Waals surface area contributed by atoms with Crippen LogP contribution in [-0.4, -0.2) is 36.3 Å². The highest BCUT2D eigenvalue weighted by atomic mass is 32.2. The fourth-order valence-electron chi connectivity index (χ4n) is 1.63. The van der Waals surface area contributed by atoms with Gasteiger partial charge >= 0.3 is 0 Å². The van der Waals surface area contributed by atoms with Crippen molar-refractivity contribution in [3.05, 3.63) is 30.2 Å². The minimum Gasteiger partial charge on any atom is -0.339 e. The van der Waals surface area contributed by atoms with Crippen LogP contribution in [0.5, 0.6) is 0 Å². The van der Waals surface area contributed by atoms with Crippen LogP contribution in [0.15, 0.2) is 33.7 Å². The zero-order chi connectivity index (χ0) is 14.6. The van der Waals surface area contributed by atoms with Gasteiger partial charge in [0, 0.05) is 24.0 Å². The van der Waals surface area contributed by atoms with E-state index in [4.69, 9.17) is 4.52 Å². The molecule has 20 heavy (non-hydrogen) atoms. The Labute approximate surface area is 122 Å². The zero-order valence-electron chi connectivity index (χ0n) is 11.4. The highest BCUT2D eigenvalue weighted by Gasteiger charge is 2.11. The van der Waals surface area contributed by atoms with Crippen LogP contribution in [0.4, 0.5) is 0 Å². The van der Waals surface area contributed by atoms with Gasteiger partial charge in [-0.05, 0) is 30.0 Å². The summed E-state index contributed by atoms with van der Waals surface area (Å²) in [6.45, 7) is 2.10. The van der Waals surface area contributed by atoms with Crippen molar-refractivity contribution in [2.45, 2.75) is 18.2 Å². The van der Waals surface area contributed by atoms with Gasteiger partial charge in [-0.15, -0.1) is 0 Å². The van der Waals surface area contributed by atoms with Gasteiger partial charge in [-0.25, -0.2) is 8.42 Å². The second-order valence-corrected chi connectivity index (χ2v) is 7.66. The molecule has 5 nitrogen and oxygen atoms in total. The molecular formula is C13H16N2O3S2. The topological polar surface area (TPSA) is 73.1 Å². The maximum atomic E-state index is 11.4. The maximum Gasteiger partial charge on any atom is 0.227 e. The third-order valence-corrected chi connectivity index (χ3v) is 4.70. The summed E-state index contributed by atoms with van der Waals surface area (Å²) < 4.78 is 27.9. The fourth-order valence-corrected chi connectivity index (χ4v) is 2.87. The van der Waals surface area contributed by atoms with Gasteiger partial charge in [0.1, 0.15) is 0 Å². The molecule has 0 fully saturated rings. The van der Waals surface area contributed by atoms with E-state index in [0.717, 1.165) is 23.5 Å². The van der Waals surface area contributed by atoms with Crippen molar-refractivity contribution in [2.24, 2.45) is 0 Å². The Morgan fingerprint density at radius 1 is 1.25 bits per heavy atom. The third kappa shape index (κ3) is 3.83. The molecule has 0 atom stereocenters. The van der Waals surface area contributed by atoms with Crippen LogP contribution >= 0.6 is 11.8 Å². The first-order valence-corrected chi connectivity index (χ1v) is 9.26. The normalized spacial score (nSPS) is 11.7. The van der Waals surface area contributed by atoms with Gasteiger partial charge in [0.25, 0.3) is 0 Å². The molecule has 0 unspecified atom stereocenters. The van der Waals surface area contributed by atoms with Crippen molar-refractivity contribution in [2.75, 3.05) is 17.8 Å². The number of nitrogens with zero attached hydrogens (tertiary/aromatic N) is 2. The molecule has 0 aliphatic carbocycles. The summed E-state index contributed by atoms with van der Waals surface area (Å²) >= 11 is 1.82. The summed E-state index contributed by atoms with van der Waals surface area (Å²) in [5, 5.41) is 3.91. The standard InChI is InChI=1S/C13H16N2O3S2/c1-3-19-9-8-12-14-13(15-18-12)10-4-6-11(7-5-10)20(2,16)17/h4-7H,3,8-9H2,1-2H3. The van der Waals surface area contributed by atoms with Gasteiger partial charge in [0.05, 0.1) is 4.90 Å². The number of rotatable bonds is 6. The maximum absolute atomic E-state index is 11.4. The molecule has 0 saturated heterocycles. The van der Waals surface area contributed by atoms with Gasteiger partial charge in [0.2, 0.25) is 11.7 Å². The van der Waals surface area contributed by atoms with Gasteiger partial charge < -0.3 is 4.52 Å². The number of aryl methyl sites for hydroxylation is 1. The van der Waals surface area contributed by atoms with Crippen molar-refractivity contribution in [1.82, 2.24) is 10.1 Å². The van der Waals surface area contributed by atoms with E-state index in [9.17, 15) is 8.42 Å². The first kappa shape index (κ1) is 15.1. The Balaban J connectivity index is 2.12. The Bertz CT molecular complexity index is 663. The van der Waals surface area contributed by atoms with Crippen LogP contribution in [-0.2, 0) is 16.3 Å². The van der Waals surface area contributed by atoms with Crippen molar-refractivity contribution in [3.8, 4) is 11.4 Å². The van der Waals surface area contributed by atoms with Crippen molar-refractivity contribution in [1.29, 1.82) is 0 Å². The lowest BCUT2D eigenvalue weighted by molar-refractivity contribution is 0.383. The molecule has 0 aliphatic heterocycles. The van der Waals surface area contributed by atoms with Crippen LogP contribution in [0.2, 0.25) is 0 Å². The number of hydrogen-bond donors (Lipinski definition) is 0. The average Bonchev–Trinajstić information content (AvgIpc) is 2.87. The van der Waals surface area contributed by atoms with Crippen LogP contribution in [0.3, 0.4) is 0 Å². The molecular weight excluding hydrogens is 296 g/mol. The molecule has 0 spiro atoms. The summed E-state index contributed by atoms with van der Waals surface area (Å²) in [5.41, 5.74) is 0.746. The molecule has 0 aliphatic rings. The van der Waals surface area contributed by atoms with Gasteiger partial charge in [0.15, 0.2) is 9.84 Å². The summed E-state index contributed by atoms with van der Waals surface area (Å²) in [4.78, 5) is 4.59. The Morgan fingerprint density at radius 3 is 2.55 bits per heavy atom. The molecule has 2 aromatic rings. The molecule has 1 heterocycles. The van der Waals surface area contributed by atoms with Crippen molar-refractivity contribution in [3.63, 3.8) is 0 Å². The Kier molecular flexibility index (Phi) is 4.82. The lowest BCUT2D eigenvalue weighted by Crippen LogP contribution is -1.96. The molecule has 0 N–H and O–H groups in total. The number of hydrogen-bond acceptors (Lipinski definition) is 6. The minimum atomic E-state index is -3.18. The smallest absolute Gasteiger partial charge is 0.227 e. The second kappa shape index (κ2) is 6.41. The van der Waals surface area contributed by atoms with Gasteiger partial charge in [-0.1, -0.05) is 12.1 Å². The Morgan fingerprint density at radius 2 is 1.95 bits per heavy atom. The predicted molar refractivity (Wildman–Crippen MR) is 79.5 cm³/mol. The quantitative estimate of drug-likeness (QED) is 0.763. The highest BCUT2D eigenvalue weighted by Crippen LogP contribution is 2.19. The molecule has 2 rings (SSSR count). The van der Waals surface area contributed by atoms with E-state index in [1.807, 2.05) is 11.8 Å². The van der Waals surface area contributed by atoms with E-state index in [0.29, 0.717) is 11.7 Å². The minimum absolute atomic E-state index is 0.282. The molecule has 0 amide bonds. The fraction of sp³-hybridized carbons (Fsp3) is 0.385. The summed E-state index contributed by atoms with van der Waals surface area (Å²) in [6.07, 6.45) is 1.92. The molecule has 0 saturated carbocycles. The van der Waals surface area contributed by atoms with Gasteiger partial charge in [-0.3, -0.25) is 0 Å². The van der Waals surface area contributed by atoms with E-state index in [2.05, 4.69) is 17.1 Å². The number of sulfone groups is 1. The average molecular weight is 312 g/mol. The highest BCUT2D eigenvalue weighted by molar-refractivity contribution is 7.99. The molecule has 0 radical (unpaired) electrons. The Hall–Kier alpha value is -1.34. The van der Waals surface area contributed by atoms with Crippen LogP contribution in [0.1, 0.15) is 12.8 Å². The first-order valence-electron chi connectivity index (χ1n) is 6.21. The van der Waals surface area contributed by atoms with E-state index in [1.165, 1.54) is 6.26 Å². The molecule has 1 aromatic heterocycles. The SMILES string of the molecule is CCSCCc1nc(-c2ccc(S(C)(=O)=O)cc2)no1. The van der Waals surface area contributed by atoms with E-state index in [1.54, 1.807) is 24.3 Å². The summed E-state index contributed by atoms with van der Waals surface area (Å²) in [7, 11) is -3.18. The third-order valence-electron chi connectivity index (χ3n) is 2.67. The number of thioether (sulfide) groups is 1. The molecule has 7 heteroatoms. The predicted octanol–water partition coefficient (Wildman–Crippen LogP) is 2.44. The van der Waals surface area contributed by atoms with Gasteiger partial charge in [-0.2, -0.15) is 16.7 Å². The molecule has 1 aromatic carbocycles. The summed E-state index contributed by atoms with van der Waals surface area (Å²) in [5.74, 6) is 3.11. The number of aromatic nitrogens is 2. The van der Waals surface area contributed by atoms with Crippen LogP contribution < -0.4 is 0 Å². The van der Waals surface area contributed by atoms with E-state index < -0.39 is 9.84 Å². The van der Waals surface area contributed by atoms with E-state index in [-0.39, 0.29) is 4.90 Å². The lowest BCUT2D eigenvalue weighted by atomic mass is 10.2. The zero-order valence-corrected chi connectivity index (χ0v) is 13.0.